The second kappa shape index (κ2) is 10.4. The van der Waals surface area contributed by atoms with Gasteiger partial charge in [0.15, 0.2) is 11.5 Å². The van der Waals surface area contributed by atoms with Gasteiger partial charge in [-0.25, -0.2) is 4.98 Å². The Morgan fingerprint density at radius 1 is 1.13 bits per heavy atom. The summed E-state index contributed by atoms with van der Waals surface area (Å²) in [5.41, 5.74) is 0.0978. The molecule has 0 fully saturated rings. The Morgan fingerprint density at radius 2 is 1.74 bits per heavy atom. The number of unbranched alkanes of at least 4 members (excludes halogenated alkanes) is 2. The summed E-state index contributed by atoms with van der Waals surface area (Å²) in [5, 5.41) is 10.9. The third-order valence-corrected chi connectivity index (χ3v) is 2.98. The second-order valence-electron chi connectivity index (χ2n) is 5.00. The molecular formula is C16H24N2O5. The minimum atomic E-state index is -1.11. The molecule has 0 bridgehead atoms. The number of nitrogens with one attached hydrogen (secondary N) is 1. The number of aromatic nitrogens is 1. The largest absolute Gasteiger partial charge is 0.490 e. The lowest BCUT2D eigenvalue weighted by atomic mass is 10.3. The van der Waals surface area contributed by atoms with Gasteiger partial charge in [0.05, 0.1) is 19.4 Å². The molecule has 1 aromatic heterocycles. The van der Waals surface area contributed by atoms with Crippen LogP contribution in [0.2, 0.25) is 0 Å². The number of pyridine rings is 1. The van der Waals surface area contributed by atoms with Crippen molar-refractivity contribution in [2.45, 2.75) is 39.5 Å². The first-order valence-electron chi connectivity index (χ1n) is 7.84. The Bertz CT molecular complexity index is 519. The molecule has 7 heteroatoms. The highest BCUT2D eigenvalue weighted by Gasteiger charge is 2.14. The summed E-state index contributed by atoms with van der Waals surface area (Å²) in [7, 11) is 0. The van der Waals surface area contributed by atoms with Gasteiger partial charge in [0, 0.05) is 6.07 Å². The molecule has 0 unspecified atom stereocenters. The van der Waals surface area contributed by atoms with Crippen LogP contribution in [-0.4, -0.2) is 41.7 Å². The van der Waals surface area contributed by atoms with E-state index in [1.807, 2.05) is 0 Å². The van der Waals surface area contributed by atoms with E-state index in [1.165, 1.54) is 12.3 Å². The molecule has 2 N–H and O–H groups in total. The topological polar surface area (TPSA) is 97.8 Å². The van der Waals surface area contributed by atoms with Crippen LogP contribution in [0.3, 0.4) is 0 Å². The summed E-state index contributed by atoms with van der Waals surface area (Å²) in [6.45, 7) is 4.73. The monoisotopic (exact) mass is 324 g/mol. The van der Waals surface area contributed by atoms with Crippen molar-refractivity contribution in [2.24, 2.45) is 0 Å². The zero-order valence-corrected chi connectivity index (χ0v) is 13.6. The molecule has 1 heterocycles. The Kier molecular flexibility index (Phi) is 8.49. The number of carbonyl (C=O) groups excluding carboxylic acids is 1. The zero-order chi connectivity index (χ0) is 17.1. The maximum atomic E-state index is 11.9. The standard InChI is InChI=1S/C16H24N2O5/c1-3-5-7-22-13-9-12(16(21)18-11-15(19)20)17-10-14(13)23-8-6-4-2/h9-10H,3-8,11H2,1-2H3,(H,18,21)(H,19,20). The Morgan fingerprint density at radius 3 is 2.30 bits per heavy atom. The van der Waals surface area contributed by atoms with Gasteiger partial charge in [-0.3, -0.25) is 9.59 Å². The molecule has 0 aliphatic heterocycles. The van der Waals surface area contributed by atoms with Crippen LogP contribution in [0.25, 0.3) is 0 Å². The second-order valence-corrected chi connectivity index (χ2v) is 5.00. The summed E-state index contributed by atoms with van der Waals surface area (Å²) < 4.78 is 11.3. The van der Waals surface area contributed by atoms with Crippen molar-refractivity contribution in [2.75, 3.05) is 19.8 Å². The number of hydrogen-bond donors (Lipinski definition) is 2. The van der Waals surface area contributed by atoms with E-state index in [1.54, 1.807) is 0 Å². The fourth-order valence-corrected chi connectivity index (χ4v) is 1.67. The lowest BCUT2D eigenvalue weighted by Crippen LogP contribution is -2.29. The van der Waals surface area contributed by atoms with Crippen molar-refractivity contribution >= 4 is 11.9 Å². The molecule has 23 heavy (non-hydrogen) atoms. The molecule has 0 spiro atoms. The number of ether oxygens (including phenoxy) is 2. The Balaban J connectivity index is 2.82. The van der Waals surface area contributed by atoms with Crippen molar-refractivity contribution in [3.8, 4) is 11.5 Å². The molecule has 128 valence electrons. The molecule has 1 aromatic rings. The number of aliphatic carboxylic acids is 1. The first kappa shape index (κ1) is 18.7. The van der Waals surface area contributed by atoms with E-state index in [0.29, 0.717) is 24.7 Å². The molecule has 0 atom stereocenters. The third-order valence-electron chi connectivity index (χ3n) is 2.98. The summed E-state index contributed by atoms with van der Waals surface area (Å²) in [6, 6.07) is 1.48. The Hall–Kier alpha value is -2.31. The number of carboxylic acid groups (broad SMARTS) is 1. The van der Waals surface area contributed by atoms with Crippen molar-refractivity contribution in [3.63, 3.8) is 0 Å². The first-order chi connectivity index (χ1) is 11.1. The number of amides is 1. The first-order valence-corrected chi connectivity index (χ1v) is 7.84. The normalized spacial score (nSPS) is 10.2. The molecule has 7 nitrogen and oxygen atoms in total. The zero-order valence-electron chi connectivity index (χ0n) is 13.6. The van der Waals surface area contributed by atoms with Crippen LogP contribution in [0, 0.1) is 0 Å². The smallest absolute Gasteiger partial charge is 0.322 e. The van der Waals surface area contributed by atoms with Crippen LogP contribution in [0.4, 0.5) is 0 Å². The quantitative estimate of drug-likeness (QED) is 0.606. The average molecular weight is 324 g/mol. The van der Waals surface area contributed by atoms with Crippen LogP contribution < -0.4 is 14.8 Å². The van der Waals surface area contributed by atoms with Crippen molar-refractivity contribution in [1.82, 2.24) is 10.3 Å². The van der Waals surface area contributed by atoms with Crippen LogP contribution in [0.5, 0.6) is 11.5 Å². The van der Waals surface area contributed by atoms with E-state index in [4.69, 9.17) is 14.6 Å². The van der Waals surface area contributed by atoms with Gasteiger partial charge in [-0.15, -0.1) is 0 Å². The van der Waals surface area contributed by atoms with Gasteiger partial charge in [-0.2, -0.15) is 0 Å². The molecule has 1 amide bonds. The summed E-state index contributed by atoms with van der Waals surface area (Å²) >= 11 is 0. The summed E-state index contributed by atoms with van der Waals surface area (Å²) in [5.74, 6) is -0.737. The number of carboxylic acids is 1. The van der Waals surface area contributed by atoms with Crippen molar-refractivity contribution < 1.29 is 24.2 Å². The van der Waals surface area contributed by atoms with E-state index in [-0.39, 0.29) is 5.69 Å². The highest BCUT2D eigenvalue weighted by atomic mass is 16.5. The average Bonchev–Trinajstić information content (AvgIpc) is 2.54. The van der Waals surface area contributed by atoms with E-state index in [2.05, 4.69) is 24.1 Å². The molecule has 1 rings (SSSR count). The number of hydrogen-bond acceptors (Lipinski definition) is 5. The SMILES string of the molecule is CCCCOc1cnc(C(=O)NCC(=O)O)cc1OCCCC. The van der Waals surface area contributed by atoms with E-state index in [9.17, 15) is 9.59 Å². The molecule has 0 saturated carbocycles. The van der Waals surface area contributed by atoms with Gasteiger partial charge in [-0.05, 0) is 12.8 Å². The number of carbonyl (C=O) groups is 2. The van der Waals surface area contributed by atoms with Crippen LogP contribution >= 0.6 is 0 Å². The predicted octanol–water partition coefficient (Wildman–Crippen LogP) is 2.25. The third kappa shape index (κ3) is 6.99. The maximum absolute atomic E-state index is 11.9. The highest BCUT2D eigenvalue weighted by molar-refractivity contribution is 5.94. The molecule has 0 aliphatic rings. The fourth-order valence-electron chi connectivity index (χ4n) is 1.67. The molecule has 0 aliphatic carbocycles. The number of nitrogens with zero attached hydrogens (tertiary/aromatic N) is 1. The van der Waals surface area contributed by atoms with Crippen LogP contribution in [-0.2, 0) is 4.79 Å². The van der Waals surface area contributed by atoms with Crippen LogP contribution in [0.15, 0.2) is 12.3 Å². The lowest BCUT2D eigenvalue weighted by molar-refractivity contribution is -0.135. The number of rotatable bonds is 11. The predicted molar refractivity (Wildman–Crippen MR) is 85.0 cm³/mol. The van der Waals surface area contributed by atoms with Gasteiger partial charge in [0.25, 0.3) is 5.91 Å². The van der Waals surface area contributed by atoms with E-state index < -0.39 is 18.4 Å². The minimum absolute atomic E-state index is 0.0978. The Labute approximate surface area is 136 Å². The summed E-state index contributed by atoms with van der Waals surface area (Å²) in [4.78, 5) is 26.4. The van der Waals surface area contributed by atoms with Crippen molar-refractivity contribution in [3.05, 3.63) is 18.0 Å². The maximum Gasteiger partial charge on any atom is 0.322 e. The molecule has 0 aromatic carbocycles. The fraction of sp³-hybridized carbons (Fsp3) is 0.562. The molecule has 0 radical (unpaired) electrons. The molecule has 0 saturated heterocycles. The van der Waals surface area contributed by atoms with Crippen LogP contribution in [0.1, 0.15) is 50.0 Å². The van der Waals surface area contributed by atoms with E-state index >= 15 is 0 Å². The van der Waals surface area contributed by atoms with Gasteiger partial charge < -0.3 is 19.9 Å². The van der Waals surface area contributed by atoms with Crippen molar-refractivity contribution in [1.29, 1.82) is 0 Å². The lowest BCUT2D eigenvalue weighted by Gasteiger charge is -2.13. The van der Waals surface area contributed by atoms with Gasteiger partial charge in [-0.1, -0.05) is 26.7 Å². The van der Waals surface area contributed by atoms with E-state index in [0.717, 1.165) is 25.7 Å². The van der Waals surface area contributed by atoms with Gasteiger partial charge in [0.2, 0.25) is 0 Å². The highest BCUT2D eigenvalue weighted by Crippen LogP contribution is 2.27. The van der Waals surface area contributed by atoms with Gasteiger partial charge >= 0.3 is 5.97 Å². The molecular weight excluding hydrogens is 300 g/mol. The minimum Gasteiger partial charge on any atom is -0.490 e. The van der Waals surface area contributed by atoms with Gasteiger partial charge in [0.1, 0.15) is 12.2 Å². The summed E-state index contributed by atoms with van der Waals surface area (Å²) in [6.07, 6.45) is 5.23.